The lowest BCUT2D eigenvalue weighted by atomic mass is 10.2. The quantitative estimate of drug-likeness (QED) is 0.861. The SMILES string of the molecule is CCCC(C)N(C)c1nc(C)c(C(C)N)s1. The van der Waals surface area contributed by atoms with Crippen molar-refractivity contribution in [1.29, 1.82) is 0 Å². The molecule has 16 heavy (non-hydrogen) atoms. The van der Waals surface area contributed by atoms with E-state index in [4.69, 9.17) is 5.73 Å². The van der Waals surface area contributed by atoms with E-state index in [-0.39, 0.29) is 6.04 Å². The Morgan fingerprint density at radius 2 is 2.06 bits per heavy atom. The smallest absolute Gasteiger partial charge is 0.185 e. The highest BCUT2D eigenvalue weighted by Gasteiger charge is 2.16. The molecule has 0 saturated heterocycles. The average Bonchev–Trinajstić information content (AvgIpc) is 2.59. The Morgan fingerprint density at radius 1 is 1.44 bits per heavy atom. The second kappa shape index (κ2) is 5.64. The molecule has 0 radical (unpaired) electrons. The maximum atomic E-state index is 5.91. The molecular weight excluding hydrogens is 218 g/mol. The molecule has 0 bridgehead atoms. The van der Waals surface area contributed by atoms with Gasteiger partial charge in [-0.05, 0) is 27.2 Å². The van der Waals surface area contributed by atoms with Crippen molar-refractivity contribution in [2.45, 2.75) is 52.6 Å². The summed E-state index contributed by atoms with van der Waals surface area (Å²) in [6, 6.07) is 0.623. The third kappa shape index (κ3) is 2.95. The van der Waals surface area contributed by atoms with E-state index in [0.29, 0.717) is 6.04 Å². The molecule has 4 heteroatoms. The third-order valence-electron chi connectivity index (χ3n) is 2.90. The first-order chi connectivity index (χ1) is 7.47. The highest BCUT2D eigenvalue weighted by atomic mass is 32.1. The summed E-state index contributed by atoms with van der Waals surface area (Å²) < 4.78 is 0. The first kappa shape index (κ1) is 13.5. The molecule has 2 atom stereocenters. The van der Waals surface area contributed by atoms with Gasteiger partial charge in [-0.2, -0.15) is 0 Å². The highest BCUT2D eigenvalue weighted by Crippen LogP contribution is 2.30. The van der Waals surface area contributed by atoms with E-state index in [9.17, 15) is 0 Å². The number of rotatable bonds is 5. The molecule has 2 unspecified atom stereocenters. The van der Waals surface area contributed by atoms with Crippen LogP contribution in [0.25, 0.3) is 0 Å². The van der Waals surface area contributed by atoms with Crippen molar-refractivity contribution in [2.24, 2.45) is 5.73 Å². The van der Waals surface area contributed by atoms with Gasteiger partial charge in [-0.15, -0.1) is 11.3 Å². The van der Waals surface area contributed by atoms with Gasteiger partial charge in [0.25, 0.3) is 0 Å². The average molecular weight is 241 g/mol. The Bertz CT molecular complexity index is 333. The number of thiazole rings is 1. The first-order valence-electron chi connectivity index (χ1n) is 5.93. The van der Waals surface area contributed by atoms with Gasteiger partial charge in [-0.1, -0.05) is 13.3 Å². The molecular formula is C12H23N3S. The van der Waals surface area contributed by atoms with Crippen LogP contribution in [0.1, 0.15) is 50.2 Å². The van der Waals surface area contributed by atoms with Crippen molar-refractivity contribution in [3.63, 3.8) is 0 Å². The molecule has 0 aliphatic rings. The van der Waals surface area contributed by atoms with Crippen LogP contribution in [0.5, 0.6) is 0 Å². The van der Waals surface area contributed by atoms with Gasteiger partial charge in [0.05, 0.1) is 5.69 Å². The van der Waals surface area contributed by atoms with Crippen LogP contribution in [0.3, 0.4) is 0 Å². The molecule has 0 amide bonds. The van der Waals surface area contributed by atoms with Crippen molar-refractivity contribution in [2.75, 3.05) is 11.9 Å². The van der Waals surface area contributed by atoms with Gasteiger partial charge in [0.15, 0.2) is 5.13 Å². The fourth-order valence-corrected chi connectivity index (χ4v) is 2.85. The van der Waals surface area contributed by atoms with E-state index in [1.807, 2.05) is 13.8 Å². The van der Waals surface area contributed by atoms with E-state index in [1.165, 1.54) is 17.7 Å². The zero-order valence-corrected chi connectivity index (χ0v) is 11.8. The molecule has 0 aliphatic carbocycles. The van der Waals surface area contributed by atoms with Gasteiger partial charge in [-0.3, -0.25) is 0 Å². The zero-order valence-electron chi connectivity index (χ0n) is 10.9. The second-order valence-electron chi connectivity index (χ2n) is 4.48. The summed E-state index contributed by atoms with van der Waals surface area (Å²) in [6.45, 7) is 8.51. The standard InChI is InChI=1S/C12H23N3S/c1-6-7-8(2)15(5)12-14-10(4)11(16-12)9(3)13/h8-9H,6-7,13H2,1-5H3. The molecule has 92 valence electrons. The summed E-state index contributed by atoms with van der Waals surface area (Å²) >= 11 is 1.72. The number of nitrogens with zero attached hydrogens (tertiary/aromatic N) is 2. The minimum Gasteiger partial charge on any atom is -0.348 e. The minimum absolute atomic E-state index is 0.0844. The molecule has 0 aliphatic heterocycles. The van der Waals surface area contributed by atoms with Crippen LogP contribution in [-0.2, 0) is 0 Å². The van der Waals surface area contributed by atoms with Crippen LogP contribution in [0, 0.1) is 6.92 Å². The number of hydrogen-bond donors (Lipinski definition) is 1. The highest BCUT2D eigenvalue weighted by molar-refractivity contribution is 7.15. The van der Waals surface area contributed by atoms with Gasteiger partial charge in [0.2, 0.25) is 0 Å². The molecule has 0 fully saturated rings. The molecule has 0 saturated carbocycles. The van der Waals surface area contributed by atoms with Gasteiger partial charge < -0.3 is 10.6 Å². The molecule has 0 aromatic carbocycles. The van der Waals surface area contributed by atoms with E-state index in [1.54, 1.807) is 11.3 Å². The van der Waals surface area contributed by atoms with Crippen molar-refractivity contribution >= 4 is 16.5 Å². The zero-order chi connectivity index (χ0) is 12.3. The van der Waals surface area contributed by atoms with Gasteiger partial charge >= 0.3 is 0 Å². The minimum atomic E-state index is 0.0844. The number of aromatic nitrogens is 1. The lowest BCUT2D eigenvalue weighted by Gasteiger charge is -2.23. The Morgan fingerprint density at radius 3 is 2.50 bits per heavy atom. The van der Waals surface area contributed by atoms with Crippen molar-refractivity contribution in [3.05, 3.63) is 10.6 Å². The van der Waals surface area contributed by atoms with E-state index < -0.39 is 0 Å². The lowest BCUT2D eigenvalue weighted by molar-refractivity contribution is 0.615. The topological polar surface area (TPSA) is 42.2 Å². The third-order valence-corrected chi connectivity index (χ3v) is 4.35. The summed E-state index contributed by atoms with van der Waals surface area (Å²) in [4.78, 5) is 8.06. The number of aryl methyl sites for hydroxylation is 1. The summed E-state index contributed by atoms with van der Waals surface area (Å²) in [7, 11) is 2.11. The molecule has 1 aromatic heterocycles. The second-order valence-corrected chi connectivity index (χ2v) is 5.49. The van der Waals surface area contributed by atoms with Gasteiger partial charge in [0, 0.05) is 24.0 Å². The van der Waals surface area contributed by atoms with Crippen LogP contribution in [-0.4, -0.2) is 18.1 Å². The molecule has 1 rings (SSSR count). The fourth-order valence-electron chi connectivity index (χ4n) is 1.77. The van der Waals surface area contributed by atoms with Gasteiger partial charge in [-0.25, -0.2) is 4.98 Å². The first-order valence-corrected chi connectivity index (χ1v) is 6.74. The van der Waals surface area contributed by atoms with Crippen LogP contribution in [0.2, 0.25) is 0 Å². The van der Waals surface area contributed by atoms with E-state index >= 15 is 0 Å². The molecule has 0 spiro atoms. The number of hydrogen-bond acceptors (Lipinski definition) is 4. The van der Waals surface area contributed by atoms with Crippen molar-refractivity contribution in [3.8, 4) is 0 Å². The maximum absolute atomic E-state index is 5.91. The normalized spacial score (nSPS) is 14.9. The molecule has 3 nitrogen and oxygen atoms in total. The molecule has 2 N–H and O–H groups in total. The van der Waals surface area contributed by atoms with Crippen LogP contribution < -0.4 is 10.6 Å². The summed E-state index contributed by atoms with van der Waals surface area (Å²) in [5.74, 6) is 0. The Balaban J connectivity index is 2.84. The monoisotopic (exact) mass is 241 g/mol. The van der Waals surface area contributed by atoms with E-state index in [2.05, 4.69) is 30.8 Å². The summed E-state index contributed by atoms with van der Waals surface area (Å²) in [5, 5.41) is 1.09. The fraction of sp³-hybridized carbons (Fsp3) is 0.750. The lowest BCUT2D eigenvalue weighted by Crippen LogP contribution is -2.28. The summed E-state index contributed by atoms with van der Waals surface area (Å²) in [6.07, 6.45) is 2.40. The molecule has 1 heterocycles. The van der Waals surface area contributed by atoms with Crippen molar-refractivity contribution in [1.82, 2.24) is 4.98 Å². The van der Waals surface area contributed by atoms with Crippen LogP contribution in [0.4, 0.5) is 5.13 Å². The number of nitrogens with two attached hydrogens (primary N) is 1. The Kier molecular flexibility index (Phi) is 4.74. The van der Waals surface area contributed by atoms with Gasteiger partial charge in [0.1, 0.15) is 0 Å². The Labute approximate surface area is 103 Å². The molecule has 1 aromatic rings. The van der Waals surface area contributed by atoms with Crippen LogP contribution in [0.15, 0.2) is 0 Å². The number of anilines is 1. The Hall–Kier alpha value is -0.610. The van der Waals surface area contributed by atoms with E-state index in [0.717, 1.165) is 10.8 Å². The van der Waals surface area contributed by atoms with Crippen molar-refractivity contribution < 1.29 is 0 Å². The van der Waals surface area contributed by atoms with Crippen LogP contribution >= 0.6 is 11.3 Å². The maximum Gasteiger partial charge on any atom is 0.185 e. The largest absolute Gasteiger partial charge is 0.348 e. The predicted molar refractivity (Wildman–Crippen MR) is 72.2 cm³/mol. The summed E-state index contributed by atoms with van der Waals surface area (Å²) in [5.41, 5.74) is 6.99. The predicted octanol–water partition coefficient (Wildman–Crippen LogP) is 3.10.